The van der Waals surface area contributed by atoms with Crippen LogP contribution in [-0.2, 0) is 9.59 Å². The number of hydrogen-bond donors (Lipinski definition) is 1. The first-order valence-corrected chi connectivity index (χ1v) is 10.5. The number of Topliss-reactive ketones (excluding diaryl/α,β-unsaturated/α-hetero) is 1. The first-order chi connectivity index (χ1) is 15.7. The molecule has 1 amide bonds. The topological polar surface area (TPSA) is 88.5 Å². The smallest absolute Gasteiger partial charge is 0.295 e. The minimum Gasteiger partial charge on any atom is -0.507 e. The van der Waals surface area contributed by atoms with E-state index in [0.29, 0.717) is 47.0 Å². The number of benzene rings is 2. The largest absolute Gasteiger partial charge is 0.507 e. The van der Waals surface area contributed by atoms with Crippen LogP contribution in [0.3, 0.4) is 0 Å². The minimum absolute atomic E-state index is 0.0126. The third-order valence-electron chi connectivity index (χ3n) is 5.74. The Balaban J connectivity index is 2.26. The van der Waals surface area contributed by atoms with Gasteiger partial charge < -0.3 is 29.1 Å². The van der Waals surface area contributed by atoms with E-state index in [1.807, 2.05) is 19.0 Å². The molecule has 0 saturated carbocycles. The average Bonchev–Trinajstić information content (AvgIpc) is 3.06. The summed E-state index contributed by atoms with van der Waals surface area (Å²) in [6.07, 6.45) is 0. The molecule has 0 aromatic heterocycles. The van der Waals surface area contributed by atoms with Crippen molar-refractivity contribution in [3.05, 3.63) is 58.7 Å². The van der Waals surface area contributed by atoms with Crippen molar-refractivity contribution < 1.29 is 28.9 Å². The van der Waals surface area contributed by atoms with E-state index in [-0.39, 0.29) is 11.3 Å². The van der Waals surface area contributed by atoms with E-state index in [0.717, 1.165) is 0 Å². The zero-order valence-electron chi connectivity index (χ0n) is 19.8. The molecule has 1 aliphatic heterocycles. The molecular weight excluding hydrogens is 424 g/mol. The van der Waals surface area contributed by atoms with Crippen LogP contribution in [0.4, 0.5) is 0 Å². The summed E-state index contributed by atoms with van der Waals surface area (Å²) in [4.78, 5) is 29.7. The molecule has 8 nitrogen and oxygen atoms in total. The number of aliphatic hydroxyl groups excluding tert-OH is 1. The first-order valence-electron chi connectivity index (χ1n) is 10.5. The van der Waals surface area contributed by atoms with Gasteiger partial charge in [0.2, 0.25) is 0 Å². The van der Waals surface area contributed by atoms with Crippen LogP contribution in [0.5, 0.6) is 17.2 Å². The molecule has 1 saturated heterocycles. The SMILES string of the molecule is COc1ccc(/C(O)=C2\C(=O)C(=O)N(CCN(C)C)C2c2cccc(OC)c2OC)c(C)c1. The summed E-state index contributed by atoms with van der Waals surface area (Å²) in [6, 6.07) is 9.58. The maximum atomic E-state index is 13.2. The number of ether oxygens (including phenoxy) is 3. The van der Waals surface area contributed by atoms with E-state index in [2.05, 4.69) is 0 Å². The summed E-state index contributed by atoms with van der Waals surface area (Å²) in [5, 5.41) is 11.3. The van der Waals surface area contributed by atoms with Crippen LogP contribution >= 0.6 is 0 Å². The molecule has 33 heavy (non-hydrogen) atoms. The molecule has 1 unspecified atom stereocenters. The summed E-state index contributed by atoms with van der Waals surface area (Å²) in [6.45, 7) is 2.64. The lowest BCUT2D eigenvalue weighted by Gasteiger charge is -2.28. The summed E-state index contributed by atoms with van der Waals surface area (Å²) in [5.41, 5.74) is 1.73. The van der Waals surface area contributed by atoms with Gasteiger partial charge in [-0.3, -0.25) is 9.59 Å². The second-order valence-electron chi connectivity index (χ2n) is 8.06. The van der Waals surface area contributed by atoms with Crippen LogP contribution in [0.15, 0.2) is 42.0 Å². The minimum atomic E-state index is -0.837. The lowest BCUT2D eigenvalue weighted by molar-refractivity contribution is -0.140. The standard InChI is InChI=1S/C25H30N2O6/c1-15-14-16(31-4)10-11-17(15)22(28)20-21(18-8-7-9-19(32-5)24(18)33-6)27(13-12-26(2)3)25(30)23(20)29/h7-11,14,21,28H,12-13H2,1-6H3/b22-20+. The van der Waals surface area contributed by atoms with Crippen LogP contribution < -0.4 is 14.2 Å². The third kappa shape index (κ3) is 4.52. The number of carbonyl (C=O) groups excluding carboxylic acids is 2. The van der Waals surface area contributed by atoms with Gasteiger partial charge in [-0.05, 0) is 50.8 Å². The molecule has 0 spiro atoms. The summed E-state index contributed by atoms with van der Waals surface area (Å²) >= 11 is 0. The molecule has 0 bridgehead atoms. The maximum absolute atomic E-state index is 13.2. The Morgan fingerprint density at radius 3 is 2.36 bits per heavy atom. The molecular formula is C25H30N2O6. The Labute approximate surface area is 194 Å². The van der Waals surface area contributed by atoms with Crippen LogP contribution in [0.25, 0.3) is 5.76 Å². The second kappa shape index (κ2) is 9.95. The maximum Gasteiger partial charge on any atom is 0.295 e. The number of aryl methyl sites for hydroxylation is 1. The van der Waals surface area contributed by atoms with Crippen molar-refractivity contribution in [2.75, 3.05) is 48.5 Å². The van der Waals surface area contributed by atoms with E-state index in [1.54, 1.807) is 50.4 Å². The number of aliphatic hydroxyl groups is 1. The third-order valence-corrected chi connectivity index (χ3v) is 5.74. The second-order valence-corrected chi connectivity index (χ2v) is 8.06. The molecule has 2 aromatic carbocycles. The van der Waals surface area contributed by atoms with Crippen LogP contribution in [-0.4, -0.2) is 75.1 Å². The van der Waals surface area contributed by atoms with Crippen molar-refractivity contribution in [3.8, 4) is 17.2 Å². The van der Waals surface area contributed by atoms with E-state index < -0.39 is 17.7 Å². The Hall–Kier alpha value is -3.52. The van der Waals surface area contributed by atoms with Gasteiger partial charge in [0.05, 0.1) is 32.9 Å². The van der Waals surface area contributed by atoms with Crippen molar-refractivity contribution >= 4 is 17.4 Å². The van der Waals surface area contributed by atoms with Crippen LogP contribution in [0.1, 0.15) is 22.7 Å². The highest BCUT2D eigenvalue weighted by Crippen LogP contribution is 2.45. The lowest BCUT2D eigenvalue weighted by Crippen LogP contribution is -2.35. The van der Waals surface area contributed by atoms with Gasteiger partial charge in [-0.25, -0.2) is 0 Å². The molecule has 1 fully saturated rings. The number of amides is 1. The Kier molecular flexibility index (Phi) is 7.28. The monoisotopic (exact) mass is 454 g/mol. The molecule has 1 N–H and O–H groups in total. The van der Waals surface area contributed by atoms with Crippen LogP contribution in [0, 0.1) is 6.92 Å². The average molecular weight is 455 g/mol. The highest BCUT2D eigenvalue weighted by molar-refractivity contribution is 6.46. The van der Waals surface area contributed by atoms with Gasteiger partial charge in [0.1, 0.15) is 11.5 Å². The number of rotatable bonds is 8. The number of nitrogens with zero attached hydrogens (tertiary/aromatic N) is 2. The Morgan fingerprint density at radius 1 is 1.06 bits per heavy atom. The fraction of sp³-hybridized carbons (Fsp3) is 0.360. The Bertz CT molecular complexity index is 1090. The number of hydrogen-bond acceptors (Lipinski definition) is 7. The lowest BCUT2D eigenvalue weighted by atomic mass is 9.93. The molecule has 1 heterocycles. The summed E-state index contributed by atoms with van der Waals surface area (Å²) in [5.74, 6) is -0.152. The number of likely N-dealkylation sites (tertiary alicyclic amines) is 1. The van der Waals surface area contributed by atoms with E-state index in [1.165, 1.54) is 19.1 Å². The highest BCUT2D eigenvalue weighted by atomic mass is 16.5. The van der Waals surface area contributed by atoms with Crippen molar-refractivity contribution in [1.29, 1.82) is 0 Å². The van der Waals surface area contributed by atoms with Gasteiger partial charge in [0, 0.05) is 24.2 Å². The van der Waals surface area contributed by atoms with Gasteiger partial charge >= 0.3 is 0 Å². The predicted octanol–water partition coefficient (Wildman–Crippen LogP) is 3.00. The number of carbonyl (C=O) groups is 2. The van der Waals surface area contributed by atoms with Crippen LogP contribution in [0.2, 0.25) is 0 Å². The van der Waals surface area contributed by atoms with Gasteiger partial charge in [0.25, 0.3) is 11.7 Å². The van der Waals surface area contributed by atoms with Crippen molar-refractivity contribution in [2.24, 2.45) is 0 Å². The van der Waals surface area contributed by atoms with Crippen molar-refractivity contribution in [1.82, 2.24) is 9.80 Å². The first kappa shape index (κ1) is 24.1. The van der Waals surface area contributed by atoms with Gasteiger partial charge in [0.15, 0.2) is 11.5 Å². The van der Waals surface area contributed by atoms with E-state index in [4.69, 9.17) is 14.2 Å². The van der Waals surface area contributed by atoms with Gasteiger partial charge in [-0.2, -0.15) is 0 Å². The molecule has 0 aliphatic carbocycles. The fourth-order valence-corrected chi connectivity index (χ4v) is 4.04. The molecule has 1 atom stereocenters. The molecule has 2 aromatic rings. The zero-order valence-corrected chi connectivity index (χ0v) is 19.8. The van der Waals surface area contributed by atoms with E-state index >= 15 is 0 Å². The highest BCUT2D eigenvalue weighted by Gasteiger charge is 2.47. The number of ketones is 1. The van der Waals surface area contributed by atoms with Crippen molar-refractivity contribution in [2.45, 2.75) is 13.0 Å². The molecule has 8 heteroatoms. The predicted molar refractivity (Wildman–Crippen MR) is 125 cm³/mol. The Morgan fingerprint density at radius 2 is 1.79 bits per heavy atom. The molecule has 1 aliphatic rings. The molecule has 3 rings (SSSR count). The zero-order chi connectivity index (χ0) is 24.3. The fourth-order valence-electron chi connectivity index (χ4n) is 4.04. The van der Waals surface area contributed by atoms with Crippen molar-refractivity contribution in [3.63, 3.8) is 0 Å². The number of methoxy groups -OCH3 is 3. The summed E-state index contributed by atoms with van der Waals surface area (Å²) < 4.78 is 16.3. The van der Waals surface area contributed by atoms with Gasteiger partial charge in [-0.15, -0.1) is 0 Å². The van der Waals surface area contributed by atoms with E-state index in [9.17, 15) is 14.7 Å². The molecule has 176 valence electrons. The van der Waals surface area contributed by atoms with Gasteiger partial charge in [-0.1, -0.05) is 12.1 Å². The summed E-state index contributed by atoms with van der Waals surface area (Å²) in [7, 11) is 8.35. The normalized spacial score (nSPS) is 17.5. The quantitative estimate of drug-likeness (QED) is 0.373. The number of para-hydroxylation sites is 1. The molecule has 0 radical (unpaired) electrons. The number of likely N-dealkylation sites (N-methyl/N-ethyl adjacent to an activating group) is 1.